The maximum Gasteiger partial charge on any atom is 0.413 e. The zero-order chi connectivity index (χ0) is 16.0. The van der Waals surface area contributed by atoms with Crippen LogP contribution in [-0.2, 0) is 16.1 Å². The summed E-state index contributed by atoms with van der Waals surface area (Å²) in [4.78, 5) is 24.7. The summed E-state index contributed by atoms with van der Waals surface area (Å²) in [5, 5.41) is 2.18. The smallest absolute Gasteiger partial charge is 0.413 e. The molecule has 1 N–H and O–H groups in total. The van der Waals surface area contributed by atoms with Gasteiger partial charge in [-0.05, 0) is 31.0 Å². The molecule has 116 valence electrons. The van der Waals surface area contributed by atoms with Crippen LogP contribution in [0.3, 0.4) is 0 Å². The molecule has 1 aromatic carbocycles. The lowest BCUT2D eigenvalue weighted by Gasteiger charge is -2.23. The van der Waals surface area contributed by atoms with Crippen molar-refractivity contribution in [2.24, 2.45) is 0 Å². The van der Waals surface area contributed by atoms with Gasteiger partial charge in [0.05, 0.1) is 13.2 Å². The van der Waals surface area contributed by atoms with Crippen molar-refractivity contribution in [1.29, 1.82) is 0 Å². The average molecular weight is 292 g/mol. The van der Waals surface area contributed by atoms with Crippen molar-refractivity contribution < 1.29 is 14.3 Å². The quantitative estimate of drug-likeness (QED) is 0.906. The first-order valence-electron chi connectivity index (χ1n) is 7.03. The van der Waals surface area contributed by atoms with Crippen molar-refractivity contribution in [2.45, 2.75) is 39.3 Å². The minimum atomic E-state index is -0.735. The van der Waals surface area contributed by atoms with Gasteiger partial charge in [0.15, 0.2) is 0 Å². The van der Waals surface area contributed by atoms with Gasteiger partial charge in [-0.3, -0.25) is 15.0 Å². The van der Waals surface area contributed by atoms with E-state index in [1.54, 1.807) is 6.92 Å². The van der Waals surface area contributed by atoms with Gasteiger partial charge in [0.25, 0.3) is 0 Å². The van der Waals surface area contributed by atoms with E-state index in [2.05, 4.69) is 48.2 Å². The number of likely N-dealkylation sites (N-methyl/N-ethyl adjacent to an activating group) is 1. The van der Waals surface area contributed by atoms with Gasteiger partial charge >= 0.3 is 6.09 Å². The number of carbonyl (C=O) groups is 2. The number of carbonyl (C=O) groups excluding carboxylic acids is 2. The Bertz CT molecular complexity index is 483. The van der Waals surface area contributed by atoms with E-state index in [9.17, 15) is 9.59 Å². The minimum Gasteiger partial charge on any atom is -0.453 e. The van der Waals surface area contributed by atoms with Crippen molar-refractivity contribution in [1.82, 2.24) is 10.2 Å². The Morgan fingerprint density at radius 2 is 1.76 bits per heavy atom. The fourth-order valence-corrected chi connectivity index (χ4v) is 1.89. The van der Waals surface area contributed by atoms with Crippen molar-refractivity contribution in [3.8, 4) is 0 Å². The Hall–Kier alpha value is -1.88. The van der Waals surface area contributed by atoms with Crippen LogP contribution in [0.2, 0.25) is 0 Å². The molecule has 0 heterocycles. The molecule has 2 amide bonds. The normalized spacial score (nSPS) is 12.3. The molecule has 0 bridgehead atoms. The van der Waals surface area contributed by atoms with Crippen LogP contribution >= 0.6 is 0 Å². The molecule has 0 aliphatic rings. The Balaban J connectivity index is 2.61. The van der Waals surface area contributed by atoms with Gasteiger partial charge in [0, 0.05) is 6.54 Å². The third kappa shape index (κ3) is 5.19. The van der Waals surface area contributed by atoms with Crippen LogP contribution in [0.5, 0.6) is 0 Å². The lowest BCUT2D eigenvalue weighted by molar-refractivity contribution is -0.124. The SMILES string of the molecule is COC(=O)NC(=O)[C@@H](C)N(C)Cc1ccc(C(C)C)cc1. The molecular formula is C16H24N2O3. The summed E-state index contributed by atoms with van der Waals surface area (Å²) in [5.41, 5.74) is 2.41. The number of nitrogens with one attached hydrogen (secondary N) is 1. The maximum absolute atomic E-state index is 11.8. The number of nitrogens with zero attached hydrogens (tertiary/aromatic N) is 1. The molecule has 0 aliphatic carbocycles. The van der Waals surface area contributed by atoms with Gasteiger partial charge in [0.2, 0.25) is 5.91 Å². The second-order valence-electron chi connectivity index (χ2n) is 5.47. The predicted octanol–water partition coefficient (Wildman–Crippen LogP) is 2.51. The predicted molar refractivity (Wildman–Crippen MR) is 82.0 cm³/mol. The van der Waals surface area contributed by atoms with Gasteiger partial charge in [-0.15, -0.1) is 0 Å². The molecular weight excluding hydrogens is 268 g/mol. The number of alkyl carbamates (subject to hydrolysis) is 1. The van der Waals surface area contributed by atoms with Crippen molar-refractivity contribution in [2.75, 3.05) is 14.2 Å². The molecule has 21 heavy (non-hydrogen) atoms. The van der Waals surface area contributed by atoms with E-state index in [1.807, 2.05) is 11.9 Å². The standard InChI is InChI=1S/C16H24N2O3/c1-11(2)14-8-6-13(7-9-14)10-18(4)12(3)15(19)17-16(20)21-5/h6-9,11-12H,10H2,1-5H3,(H,17,19,20)/t12-/m1/s1. The number of hydrogen-bond acceptors (Lipinski definition) is 4. The van der Waals surface area contributed by atoms with Gasteiger partial charge in [-0.1, -0.05) is 38.1 Å². The van der Waals surface area contributed by atoms with E-state index in [0.29, 0.717) is 12.5 Å². The molecule has 1 rings (SSSR count). The van der Waals surface area contributed by atoms with Crippen LogP contribution < -0.4 is 5.32 Å². The third-order valence-corrected chi connectivity index (χ3v) is 3.53. The number of rotatable bonds is 5. The molecule has 0 saturated heterocycles. The number of ether oxygens (including phenoxy) is 1. The molecule has 0 aliphatic heterocycles. The van der Waals surface area contributed by atoms with E-state index in [4.69, 9.17) is 0 Å². The maximum atomic E-state index is 11.8. The Kier molecular flexibility index (Phi) is 6.37. The Morgan fingerprint density at radius 3 is 2.24 bits per heavy atom. The Morgan fingerprint density at radius 1 is 1.19 bits per heavy atom. The number of methoxy groups -OCH3 is 1. The van der Waals surface area contributed by atoms with Crippen LogP contribution in [0, 0.1) is 0 Å². The zero-order valence-electron chi connectivity index (χ0n) is 13.3. The molecule has 0 spiro atoms. The molecule has 5 nitrogen and oxygen atoms in total. The highest BCUT2D eigenvalue weighted by atomic mass is 16.5. The topological polar surface area (TPSA) is 58.6 Å². The zero-order valence-corrected chi connectivity index (χ0v) is 13.3. The highest BCUT2D eigenvalue weighted by Gasteiger charge is 2.20. The lowest BCUT2D eigenvalue weighted by Crippen LogP contribution is -2.45. The molecule has 1 atom stereocenters. The molecule has 1 aromatic rings. The summed E-state index contributed by atoms with van der Waals surface area (Å²) in [6.45, 7) is 6.69. The molecule has 0 radical (unpaired) electrons. The number of hydrogen-bond donors (Lipinski definition) is 1. The van der Waals surface area contributed by atoms with E-state index in [1.165, 1.54) is 12.7 Å². The fourth-order valence-electron chi connectivity index (χ4n) is 1.89. The second-order valence-corrected chi connectivity index (χ2v) is 5.47. The summed E-state index contributed by atoms with van der Waals surface area (Å²) in [5.74, 6) is 0.129. The molecule has 0 saturated carbocycles. The first-order chi connectivity index (χ1) is 9.85. The van der Waals surface area contributed by atoms with Crippen molar-refractivity contribution in [3.63, 3.8) is 0 Å². The summed E-state index contributed by atoms with van der Waals surface area (Å²) in [6, 6.07) is 7.92. The summed E-state index contributed by atoms with van der Waals surface area (Å²) in [7, 11) is 3.07. The number of amides is 2. The number of benzene rings is 1. The van der Waals surface area contributed by atoms with E-state index in [0.717, 1.165) is 5.56 Å². The second kappa shape index (κ2) is 7.78. The lowest BCUT2D eigenvalue weighted by atomic mass is 10.0. The monoisotopic (exact) mass is 292 g/mol. The largest absolute Gasteiger partial charge is 0.453 e. The molecule has 0 aromatic heterocycles. The van der Waals surface area contributed by atoms with Crippen LogP contribution in [-0.4, -0.2) is 37.1 Å². The van der Waals surface area contributed by atoms with Crippen LogP contribution in [0.1, 0.15) is 37.8 Å². The third-order valence-electron chi connectivity index (χ3n) is 3.53. The minimum absolute atomic E-state index is 0.372. The summed E-state index contributed by atoms with van der Waals surface area (Å²) in [6.07, 6.45) is -0.735. The first kappa shape index (κ1) is 17.2. The van der Waals surface area contributed by atoms with Crippen LogP contribution in [0.15, 0.2) is 24.3 Å². The van der Waals surface area contributed by atoms with Gasteiger partial charge in [-0.2, -0.15) is 0 Å². The van der Waals surface area contributed by atoms with Gasteiger partial charge < -0.3 is 4.74 Å². The highest BCUT2D eigenvalue weighted by molar-refractivity contribution is 5.94. The van der Waals surface area contributed by atoms with Crippen LogP contribution in [0.25, 0.3) is 0 Å². The van der Waals surface area contributed by atoms with Crippen LogP contribution in [0.4, 0.5) is 4.79 Å². The van der Waals surface area contributed by atoms with Gasteiger partial charge in [-0.25, -0.2) is 4.79 Å². The van der Waals surface area contributed by atoms with Crippen molar-refractivity contribution >= 4 is 12.0 Å². The Labute approximate surface area is 126 Å². The molecule has 0 fully saturated rings. The highest BCUT2D eigenvalue weighted by Crippen LogP contribution is 2.15. The summed E-state index contributed by atoms with van der Waals surface area (Å²) < 4.78 is 4.42. The summed E-state index contributed by atoms with van der Waals surface area (Å²) >= 11 is 0. The fraction of sp³-hybridized carbons (Fsp3) is 0.500. The van der Waals surface area contributed by atoms with E-state index in [-0.39, 0.29) is 5.91 Å². The van der Waals surface area contributed by atoms with E-state index >= 15 is 0 Å². The van der Waals surface area contributed by atoms with Crippen molar-refractivity contribution in [3.05, 3.63) is 35.4 Å². The van der Waals surface area contributed by atoms with Gasteiger partial charge in [0.1, 0.15) is 0 Å². The van der Waals surface area contributed by atoms with E-state index < -0.39 is 12.1 Å². The molecule has 5 heteroatoms. The number of imide groups is 1. The average Bonchev–Trinajstić information content (AvgIpc) is 2.46. The molecule has 0 unspecified atom stereocenters. The first-order valence-corrected chi connectivity index (χ1v) is 7.03.